The average molecular weight is 263 g/mol. The second-order valence-electron chi connectivity index (χ2n) is 5.42. The number of hydrogen-bond acceptors (Lipinski definition) is 3. The van der Waals surface area contributed by atoms with Crippen LogP contribution < -0.4 is 10.1 Å². The summed E-state index contributed by atoms with van der Waals surface area (Å²) in [6, 6.07) is 8.72. The van der Waals surface area contributed by atoms with Crippen molar-refractivity contribution in [2.24, 2.45) is 5.92 Å². The Morgan fingerprint density at radius 2 is 1.89 bits per heavy atom. The zero-order chi connectivity index (χ0) is 13.7. The fourth-order valence-electron chi connectivity index (χ4n) is 2.79. The normalized spacial score (nSPS) is 18.5. The molecule has 2 rings (SSSR count). The van der Waals surface area contributed by atoms with Gasteiger partial charge in [-0.2, -0.15) is 0 Å². The third kappa shape index (κ3) is 3.71. The summed E-state index contributed by atoms with van der Waals surface area (Å²) in [6.07, 6.45) is 2.43. The summed E-state index contributed by atoms with van der Waals surface area (Å²) in [4.78, 5) is 0. The van der Waals surface area contributed by atoms with Crippen molar-refractivity contribution < 1.29 is 9.47 Å². The molecule has 0 spiro atoms. The predicted octanol–water partition coefficient (Wildman–Crippen LogP) is 3.16. The molecule has 19 heavy (non-hydrogen) atoms. The van der Waals surface area contributed by atoms with E-state index in [1.807, 2.05) is 13.1 Å². The highest BCUT2D eigenvalue weighted by atomic mass is 16.5. The van der Waals surface area contributed by atoms with E-state index in [0.29, 0.717) is 12.0 Å². The molecule has 1 unspecified atom stereocenters. The molecule has 0 aliphatic carbocycles. The van der Waals surface area contributed by atoms with Crippen LogP contribution in [0.25, 0.3) is 0 Å². The van der Waals surface area contributed by atoms with E-state index < -0.39 is 0 Å². The summed E-state index contributed by atoms with van der Waals surface area (Å²) >= 11 is 0. The zero-order valence-corrected chi connectivity index (χ0v) is 12.2. The highest BCUT2D eigenvalue weighted by Gasteiger charge is 2.26. The largest absolute Gasteiger partial charge is 0.491 e. The van der Waals surface area contributed by atoms with Crippen molar-refractivity contribution in [1.82, 2.24) is 5.32 Å². The number of rotatable bonds is 5. The Kier molecular flexibility index (Phi) is 5.23. The zero-order valence-electron chi connectivity index (χ0n) is 12.2. The van der Waals surface area contributed by atoms with Crippen molar-refractivity contribution in [2.75, 3.05) is 20.3 Å². The minimum Gasteiger partial charge on any atom is -0.491 e. The molecule has 0 aromatic heterocycles. The van der Waals surface area contributed by atoms with Gasteiger partial charge in [-0.25, -0.2) is 0 Å². The molecule has 0 saturated carbocycles. The lowest BCUT2D eigenvalue weighted by atomic mass is 9.87. The first-order chi connectivity index (χ1) is 9.22. The minimum atomic E-state index is 0.202. The molecule has 0 bridgehead atoms. The topological polar surface area (TPSA) is 30.5 Å². The maximum atomic E-state index is 5.95. The Morgan fingerprint density at radius 3 is 2.53 bits per heavy atom. The number of ether oxygens (including phenoxy) is 2. The van der Waals surface area contributed by atoms with Gasteiger partial charge < -0.3 is 14.8 Å². The van der Waals surface area contributed by atoms with Gasteiger partial charge >= 0.3 is 0 Å². The summed E-state index contributed by atoms with van der Waals surface area (Å²) in [7, 11) is 2.03. The lowest BCUT2D eigenvalue weighted by Crippen LogP contribution is -2.30. The summed E-state index contributed by atoms with van der Waals surface area (Å²) < 4.78 is 11.4. The van der Waals surface area contributed by atoms with Crippen molar-refractivity contribution in [3.63, 3.8) is 0 Å². The molecule has 1 aromatic rings. The van der Waals surface area contributed by atoms with E-state index in [2.05, 4.69) is 37.4 Å². The van der Waals surface area contributed by atoms with Gasteiger partial charge in [-0.15, -0.1) is 0 Å². The third-order valence-corrected chi connectivity index (χ3v) is 3.67. The molecular weight excluding hydrogens is 238 g/mol. The van der Waals surface area contributed by atoms with Gasteiger partial charge in [-0.1, -0.05) is 18.2 Å². The Balaban J connectivity index is 2.21. The SMILES string of the molecule is CNC(c1ccccc1OC(C)C)C1CCOCC1. The Hall–Kier alpha value is -1.06. The van der Waals surface area contributed by atoms with Crippen molar-refractivity contribution in [2.45, 2.75) is 38.8 Å². The predicted molar refractivity (Wildman–Crippen MR) is 77.5 cm³/mol. The molecule has 106 valence electrons. The number of benzene rings is 1. The Morgan fingerprint density at radius 1 is 1.21 bits per heavy atom. The van der Waals surface area contributed by atoms with Crippen molar-refractivity contribution >= 4 is 0 Å². The molecule has 1 fully saturated rings. The molecule has 3 heteroatoms. The van der Waals surface area contributed by atoms with Gasteiger partial charge in [0.2, 0.25) is 0 Å². The summed E-state index contributed by atoms with van der Waals surface area (Å²) in [6.45, 7) is 5.88. The van der Waals surface area contributed by atoms with Crippen LogP contribution in [0.15, 0.2) is 24.3 Å². The average Bonchev–Trinajstić information content (AvgIpc) is 2.42. The molecule has 1 N–H and O–H groups in total. The molecule has 1 heterocycles. The van der Waals surface area contributed by atoms with Gasteiger partial charge in [0.25, 0.3) is 0 Å². The smallest absolute Gasteiger partial charge is 0.124 e. The monoisotopic (exact) mass is 263 g/mol. The molecular formula is C16H25NO2. The molecule has 1 aromatic carbocycles. The number of hydrogen-bond donors (Lipinski definition) is 1. The van der Waals surface area contributed by atoms with E-state index >= 15 is 0 Å². The maximum absolute atomic E-state index is 5.95. The maximum Gasteiger partial charge on any atom is 0.124 e. The van der Waals surface area contributed by atoms with E-state index in [-0.39, 0.29) is 6.10 Å². The van der Waals surface area contributed by atoms with E-state index in [1.54, 1.807) is 0 Å². The molecule has 1 saturated heterocycles. The lowest BCUT2D eigenvalue weighted by molar-refractivity contribution is 0.0540. The fourth-order valence-corrected chi connectivity index (χ4v) is 2.79. The van der Waals surface area contributed by atoms with Crippen LogP contribution in [0.3, 0.4) is 0 Å². The van der Waals surface area contributed by atoms with E-state index in [9.17, 15) is 0 Å². The first-order valence-corrected chi connectivity index (χ1v) is 7.23. The Labute approximate surface area is 116 Å². The van der Waals surface area contributed by atoms with Crippen LogP contribution in [0, 0.1) is 5.92 Å². The van der Waals surface area contributed by atoms with Crippen LogP contribution in [-0.2, 0) is 4.74 Å². The number of nitrogens with one attached hydrogen (secondary N) is 1. The molecule has 1 atom stereocenters. The van der Waals surface area contributed by atoms with E-state index in [1.165, 1.54) is 5.56 Å². The van der Waals surface area contributed by atoms with Crippen LogP contribution >= 0.6 is 0 Å². The van der Waals surface area contributed by atoms with Crippen LogP contribution in [0.1, 0.15) is 38.3 Å². The first-order valence-electron chi connectivity index (χ1n) is 7.23. The quantitative estimate of drug-likeness (QED) is 0.885. The van der Waals surface area contributed by atoms with Crippen LogP contribution in [0.4, 0.5) is 0 Å². The van der Waals surface area contributed by atoms with Crippen LogP contribution in [-0.4, -0.2) is 26.4 Å². The van der Waals surface area contributed by atoms with E-state index in [4.69, 9.17) is 9.47 Å². The van der Waals surface area contributed by atoms with E-state index in [0.717, 1.165) is 31.8 Å². The van der Waals surface area contributed by atoms with Gasteiger partial charge in [0.15, 0.2) is 0 Å². The van der Waals surface area contributed by atoms with Crippen molar-refractivity contribution in [3.05, 3.63) is 29.8 Å². The van der Waals surface area contributed by atoms with Gasteiger partial charge in [0.1, 0.15) is 5.75 Å². The molecule has 1 aliphatic heterocycles. The summed E-state index contributed by atoms with van der Waals surface area (Å²) in [5, 5.41) is 3.47. The fraction of sp³-hybridized carbons (Fsp3) is 0.625. The molecule has 1 aliphatic rings. The van der Waals surface area contributed by atoms with Gasteiger partial charge in [-0.3, -0.25) is 0 Å². The third-order valence-electron chi connectivity index (χ3n) is 3.67. The van der Waals surface area contributed by atoms with Crippen LogP contribution in [0.2, 0.25) is 0 Å². The molecule has 3 nitrogen and oxygen atoms in total. The summed E-state index contributed by atoms with van der Waals surface area (Å²) in [5.74, 6) is 1.62. The highest BCUT2D eigenvalue weighted by molar-refractivity contribution is 5.36. The molecule has 0 radical (unpaired) electrons. The lowest BCUT2D eigenvalue weighted by Gasteiger charge is -2.31. The van der Waals surface area contributed by atoms with Gasteiger partial charge in [0.05, 0.1) is 6.10 Å². The standard InChI is InChI=1S/C16H25NO2/c1-12(2)19-15-7-5-4-6-14(15)16(17-3)13-8-10-18-11-9-13/h4-7,12-13,16-17H,8-11H2,1-3H3. The first kappa shape index (κ1) is 14.4. The molecule has 0 amide bonds. The second-order valence-corrected chi connectivity index (χ2v) is 5.42. The van der Waals surface area contributed by atoms with Crippen molar-refractivity contribution in [1.29, 1.82) is 0 Å². The summed E-state index contributed by atoms with van der Waals surface area (Å²) in [5.41, 5.74) is 1.27. The van der Waals surface area contributed by atoms with Gasteiger partial charge in [-0.05, 0) is 45.7 Å². The Bertz CT molecular complexity index is 386. The van der Waals surface area contributed by atoms with Crippen LogP contribution in [0.5, 0.6) is 5.75 Å². The number of para-hydroxylation sites is 1. The highest BCUT2D eigenvalue weighted by Crippen LogP contribution is 2.35. The van der Waals surface area contributed by atoms with Gasteiger partial charge in [0, 0.05) is 24.8 Å². The minimum absolute atomic E-state index is 0.202. The van der Waals surface area contributed by atoms with Crippen molar-refractivity contribution in [3.8, 4) is 5.75 Å². The second kappa shape index (κ2) is 6.92.